The summed E-state index contributed by atoms with van der Waals surface area (Å²) >= 11 is 1.31. The van der Waals surface area contributed by atoms with Crippen LogP contribution in [0.5, 0.6) is 0 Å². The second-order valence-corrected chi connectivity index (χ2v) is 7.51. The molecular weight excluding hydrogens is 360 g/mol. The Morgan fingerprint density at radius 2 is 2.04 bits per heavy atom. The Morgan fingerprint density at radius 1 is 1.19 bits per heavy atom. The van der Waals surface area contributed by atoms with Crippen LogP contribution in [0.1, 0.15) is 37.9 Å². The molecule has 0 saturated carbocycles. The van der Waals surface area contributed by atoms with Gasteiger partial charge in [-0.2, -0.15) is 0 Å². The quantitative estimate of drug-likeness (QED) is 0.450. The van der Waals surface area contributed by atoms with Gasteiger partial charge in [0.25, 0.3) is 0 Å². The van der Waals surface area contributed by atoms with Crippen molar-refractivity contribution < 1.29 is 9.59 Å². The van der Waals surface area contributed by atoms with Crippen LogP contribution in [0.15, 0.2) is 40.9 Å². The molecule has 3 rings (SSSR count). The summed E-state index contributed by atoms with van der Waals surface area (Å²) in [7, 11) is 0. The van der Waals surface area contributed by atoms with Crippen LogP contribution in [-0.2, 0) is 4.79 Å². The number of carbonyl (C=O) groups excluding carboxylic acids is 2. The molecule has 1 aromatic heterocycles. The molecule has 1 aromatic carbocycles. The molecule has 0 radical (unpaired) electrons. The van der Waals surface area contributed by atoms with Gasteiger partial charge in [-0.25, -0.2) is 14.8 Å². The summed E-state index contributed by atoms with van der Waals surface area (Å²) < 4.78 is 0. The lowest BCUT2D eigenvalue weighted by molar-refractivity contribution is -0.117. The number of hydrogen-bond acceptors (Lipinski definition) is 5. The molecule has 3 amide bonds. The van der Waals surface area contributed by atoms with Gasteiger partial charge in [-0.3, -0.25) is 10.1 Å². The van der Waals surface area contributed by atoms with Crippen molar-refractivity contribution >= 4 is 34.6 Å². The number of amides is 3. The Kier molecular flexibility index (Phi) is 6.81. The lowest BCUT2D eigenvalue weighted by Crippen LogP contribution is -2.40. The highest BCUT2D eigenvalue weighted by atomic mass is 32.2. The van der Waals surface area contributed by atoms with Crippen LogP contribution in [0.3, 0.4) is 0 Å². The minimum Gasteiger partial charge on any atom is -0.337 e. The van der Waals surface area contributed by atoms with Crippen molar-refractivity contribution in [3.8, 4) is 0 Å². The molecule has 7 heteroatoms. The molecule has 0 saturated heterocycles. The fourth-order valence-corrected chi connectivity index (χ4v) is 3.94. The third kappa shape index (κ3) is 5.79. The number of fused-ring (bicyclic) bond motifs is 1. The SMILES string of the molecule is Cc1nc(SCC(=O)NC(=O)NCCC2=CCCCC2)c2ccccc2n1. The van der Waals surface area contributed by atoms with E-state index in [1.54, 1.807) is 0 Å². The number of imide groups is 1. The normalized spacial score (nSPS) is 13.9. The van der Waals surface area contributed by atoms with Crippen molar-refractivity contribution in [3.63, 3.8) is 0 Å². The highest BCUT2D eigenvalue weighted by Crippen LogP contribution is 2.25. The van der Waals surface area contributed by atoms with Crippen LogP contribution in [0.2, 0.25) is 0 Å². The summed E-state index contributed by atoms with van der Waals surface area (Å²) in [6, 6.07) is 7.25. The van der Waals surface area contributed by atoms with Gasteiger partial charge in [0.05, 0.1) is 11.3 Å². The average Bonchev–Trinajstić information content (AvgIpc) is 2.67. The number of rotatable bonds is 6. The van der Waals surface area contributed by atoms with Crippen LogP contribution in [0.25, 0.3) is 10.9 Å². The molecular formula is C20H24N4O2S. The summed E-state index contributed by atoms with van der Waals surface area (Å²) in [5.74, 6) is 0.444. The number of nitrogens with zero attached hydrogens (tertiary/aromatic N) is 2. The second-order valence-electron chi connectivity index (χ2n) is 6.54. The summed E-state index contributed by atoms with van der Waals surface area (Å²) in [5, 5.41) is 6.79. The van der Waals surface area contributed by atoms with E-state index in [-0.39, 0.29) is 11.7 Å². The highest BCUT2D eigenvalue weighted by molar-refractivity contribution is 8.00. The topological polar surface area (TPSA) is 84.0 Å². The molecule has 1 aliphatic rings. The molecule has 2 aromatic rings. The fourth-order valence-electron chi connectivity index (χ4n) is 3.08. The molecule has 0 atom stereocenters. The summed E-state index contributed by atoms with van der Waals surface area (Å²) in [6.45, 7) is 2.37. The van der Waals surface area contributed by atoms with Crippen molar-refractivity contribution in [1.82, 2.24) is 20.6 Å². The van der Waals surface area contributed by atoms with Gasteiger partial charge in [0.1, 0.15) is 10.9 Å². The standard InChI is InChI=1S/C20H24N4O2S/c1-14-22-17-10-6-5-9-16(17)19(23-14)27-13-18(25)24-20(26)21-12-11-15-7-3-2-4-8-15/h5-7,9-10H,2-4,8,11-13H2,1H3,(H2,21,24,25,26). The summed E-state index contributed by atoms with van der Waals surface area (Å²) in [6.07, 6.45) is 7.84. The molecule has 1 aliphatic carbocycles. The van der Waals surface area contributed by atoms with Crippen LogP contribution in [-0.4, -0.2) is 34.2 Å². The predicted octanol–water partition coefficient (Wildman–Crippen LogP) is 3.75. The first-order valence-corrected chi connectivity index (χ1v) is 10.2. The maximum Gasteiger partial charge on any atom is 0.321 e. The molecule has 27 heavy (non-hydrogen) atoms. The van der Waals surface area contributed by atoms with E-state index >= 15 is 0 Å². The Hall–Kier alpha value is -2.41. The Bertz CT molecular complexity index is 866. The van der Waals surface area contributed by atoms with Crippen molar-refractivity contribution in [2.24, 2.45) is 0 Å². The Balaban J connectivity index is 1.45. The third-order valence-corrected chi connectivity index (χ3v) is 5.38. The predicted molar refractivity (Wildman–Crippen MR) is 108 cm³/mol. The van der Waals surface area contributed by atoms with Crippen molar-refractivity contribution in [2.45, 2.75) is 44.1 Å². The van der Waals surface area contributed by atoms with Crippen molar-refractivity contribution in [3.05, 3.63) is 41.7 Å². The minimum absolute atomic E-state index is 0.124. The van der Waals surface area contributed by atoms with Gasteiger partial charge in [-0.15, -0.1) is 0 Å². The first-order chi connectivity index (χ1) is 13.1. The first kappa shape index (κ1) is 19.4. The van der Waals surface area contributed by atoms with Gasteiger partial charge in [-0.05, 0) is 45.1 Å². The zero-order valence-electron chi connectivity index (χ0n) is 15.5. The Labute approximate surface area is 163 Å². The van der Waals surface area contributed by atoms with Crippen molar-refractivity contribution in [1.29, 1.82) is 0 Å². The largest absolute Gasteiger partial charge is 0.337 e. The molecule has 1 heterocycles. The summed E-state index contributed by atoms with van der Waals surface area (Å²) in [4.78, 5) is 32.7. The summed E-state index contributed by atoms with van der Waals surface area (Å²) in [5.41, 5.74) is 2.25. The minimum atomic E-state index is -0.444. The molecule has 0 spiro atoms. The number of urea groups is 1. The van der Waals surface area contributed by atoms with Crippen LogP contribution in [0.4, 0.5) is 4.79 Å². The number of nitrogens with one attached hydrogen (secondary N) is 2. The lowest BCUT2D eigenvalue weighted by atomic mass is 9.97. The fraction of sp³-hybridized carbons (Fsp3) is 0.400. The van der Waals surface area contributed by atoms with Gasteiger partial charge in [0, 0.05) is 11.9 Å². The third-order valence-electron chi connectivity index (χ3n) is 4.39. The van der Waals surface area contributed by atoms with E-state index in [4.69, 9.17) is 0 Å². The first-order valence-electron chi connectivity index (χ1n) is 9.23. The van der Waals surface area contributed by atoms with E-state index in [0.29, 0.717) is 12.4 Å². The number of carbonyl (C=O) groups is 2. The van der Waals surface area contributed by atoms with Gasteiger partial charge >= 0.3 is 6.03 Å². The van der Waals surface area contributed by atoms with Gasteiger partial charge in [0.15, 0.2) is 0 Å². The maximum atomic E-state index is 12.1. The van der Waals surface area contributed by atoms with E-state index in [1.165, 1.54) is 30.2 Å². The smallest absolute Gasteiger partial charge is 0.321 e. The molecule has 2 N–H and O–H groups in total. The number of thioether (sulfide) groups is 1. The van der Waals surface area contributed by atoms with Crippen molar-refractivity contribution in [2.75, 3.05) is 12.3 Å². The van der Waals surface area contributed by atoms with Gasteiger partial charge in [0.2, 0.25) is 5.91 Å². The van der Waals surface area contributed by atoms with Gasteiger partial charge in [-0.1, -0.05) is 41.6 Å². The van der Waals surface area contributed by atoms with E-state index in [0.717, 1.165) is 35.2 Å². The van der Waals surface area contributed by atoms with E-state index in [2.05, 4.69) is 26.7 Å². The number of aryl methyl sites for hydroxylation is 1. The van der Waals surface area contributed by atoms with Crippen LogP contribution < -0.4 is 10.6 Å². The zero-order valence-corrected chi connectivity index (χ0v) is 16.3. The number of hydrogen-bond donors (Lipinski definition) is 2. The molecule has 6 nitrogen and oxygen atoms in total. The second kappa shape index (κ2) is 9.50. The molecule has 0 fully saturated rings. The molecule has 0 unspecified atom stereocenters. The zero-order chi connectivity index (χ0) is 19.1. The average molecular weight is 385 g/mol. The van der Waals surface area contributed by atoms with Crippen LogP contribution in [0, 0.1) is 6.92 Å². The Morgan fingerprint density at radius 3 is 2.85 bits per heavy atom. The van der Waals surface area contributed by atoms with Gasteiger partial charge < -0.3 is 5.32 Å². The van der Waals surface area contributed by atoms with E-state index in [1.807, 2.05) is 31.2 Å². The lowest BCUT2D eigenvalue weighted by Gasteiger charge is -2.13. The molecule has 142 valence electrons. The highest BCUT2D eigenvalue weighted by Gasteiger charge is 2.12. The maximum absolute atomic E-state index is 12.1. The number of aromatic nitrogens is 2. The van der Waals surface area contributed by atoms with E-state index in [9.17, 15) is 9.59 Å². The number of allylic oxidation sites excluding steroid dienone is 1. The number of para-hydroxylation sites is 1. The molecule has 0 aliphatic heterocycles. The van der Waals surface area contributed by atoms with E-state index < -0.39 is 6.03 Å². The monoisotopic (exact) mass is 384 g/mol. The molecule has 0 bridgehead atoms. The van der Waals surface area contributed by atoms with Crippen LogP contribution >= 0.6 is 11.8 Å². The number of benzene rings is 1.